The lowest BCUT2D eigenvalue weighted by molar-refractivity contribution is -0.115. The summed E-state index contributed by atoms with van der Waals surface area (Å²) in [5, 5.41) is 4.99. The summed E-state index contributed by atoms with van der Waals surface area (Å²) in [4.78, 5) is 27.1. The van der Waals surface area contributed by atoms with E-state index in [-0.39, 0.29) is 18.2 Å². The van der Waals surface area contributed by atoms with Crippen molar-refractivity contribution in [3.63, 3.8) is 0 Å². The molecule has 0 aliphatic rings. The van der Waals surface area contributed by atoms with Gasteiger partial charge in [-0.25, -0.2) is 4.98 Å². The van der Waals surface area contributed by atoms with Gasteiger partial charge in [-0.3, -0.25) is 9.59 Å². The van der Waals surface area contributed by atoms with Gasteiger partial charge in [0.2, 0.25) is 5.91 Å². The van der Waals surface area contributed by atoms with Crippen molar-refractivity contribution in [2.75, 3.05) is 11.9 Å². The highest BCUT2D eigenvalue weighted by Gasteiger charge is 2.11. The number of halogens is 1. The Labute approximate surface area is 117 Å². The molecule has 2 aromatic rings. The number of hydrogen-bond acceptors (Lipinski definition) is 4. The van der Waals surface area contributed by atoms with Crippen LogP contribution in [0.4, 0.5) is 5.82 Å². The van der Waals surface area contributed by atoms with E-state index in [1.165, 1.54) is 6.07 Å². The minimum absolute atomic E-state index is 0.137. The Morgan fingerprint density at radius 2 is 2.11 bits per heavy atom. The molecule has 98 valence electrons. The predicted molar refractivity (Wildman–Crippen MR) is 71.6 cm³/mol. The van der Waals surface area contributed by atoms with E-state index in [0.29, 0.717) is 10.5 Å². The van der Waals surface area contributed by atoms with Crippen LogP contribution in [0.15, 0.2) is 45.6 Å². The van der Waals surface area contributed by atoms with Crippen molar-refractivity contribution in [2.45, 2.75) is 0 Å². The Morgan fingerprint density at radius 1 is 1.26 bits per heavy atom. The topological polar surface area (TPSA) is 84.2 Å². The highest BCUT2D eigenvalue weighted by Crippen LogP contribution is 2.13. The van der Waals surface area contributed by atoms with E-state index in [1.807, 2.05) is 0 Å². The Hall–Kier alpha value is -2.15. The highest BCUT2D eigenvalue weighted by atomic mass is 79.9. The van der Waals surface area contributed by atoms with Crippen molar-refractivity contribution in [1.82, 2.24) is 10.3 Å². The van der Waals surface area contributed by atoms with E-state index >= 15 is 0 Å². The average Bonchev–Trinajstić information content (AvgIpc) is 2.84. The Bertz CT molecular complexity index is 583. The molecular formula is C12H10BrN3O3. The standard InChI is InChI=1S/C12H10BrN3O3/c13-9-5-4-8(19-9)12(18)15-7-11(17)16-10-3-1-2-6-14-10/h1-6H,7H2,(H,15,18)(H,14,16,17). The van der Waals surface area contributed by atoms with Crippen molar-refractivity contribution in [3.8, 4) is 0 Å². The molecule has 0 radical (unpaired) electrons. The Balaban J connectivity index is 1.82. The van der Waals surface area contributed by atoms with Gasteiger partial charge in [-0.2, -0.15) is 0 Å². The first kappa shape index (κ1) is 13.3. The third-order valence-electron chi connectivity index (χ3n) is 2.14. The number of amides is 2. The van der Waals surface area contributed by atoms with Gasteiger partial charge in [-0.05, 0) is 40.2 Å². The quantitative estimate of drug-likeness (QED) is 0.898. The summed E-state index contributed by atoms with van der Waals surface area (Å²) >= 11 is 3.09. The molecule has 2 rings (SSSR count). The van der Waals surface area contributed by atoms with Crippen LogP contribution in [0.5, 0.6) is 0 Å². The number of furan rings is 1. The fourth-order valence-electron chi connectivity index (χ4n) is 1.31. The van der Waals surface area contributed by atoms with Crippen LogP contribution in [0, 0.1) is 0 Å². The molecule has 6 nitrogen and oxygen atoms in total. The van der Waals surface area contributed by atoms with Gasteiger partial charge < -0.3 is 15.1 Å². The summed E-state index contributed by atoms with van der Waals surface area (Å²) in [6.45, 7) is -0.159. The van der Waals surface area contributed by atoms with E-state index in [1.54, 1.807) is 30.5 Å². The van der Waals surface area contributed by atoms with Crippen LogP contribution in [0.3, 0.4) is 0 Å². The number of nitrogens with zero attached hydrogens (tertiary/aromatic N) is 1. The first-order valence-electron chi connectivity index (χ1n) is 5.39. The fourth-order valence-corrected chi connectivity index (χ4v) is 1.61. The van der Waals surface area contributed by atoms with Crippen LogP contribution in [-0.4, -0.2) is 23.3 Å². The molecule has 0 aliphatic carbocycles. The Kier molecular flexibility index (Phi) is 4.30. The molecule has 0 aliphatic heterocycles. The highest BCUT2D eigenvalue weighted by molar-refractivity contribution is 9.10. The van der Waals surface area contributed by atoms with Crippen LogP contribution in [-0.2, 0) is 4.79 Å². The van der Waals surface area contributed by atoms with Gasteiger partial charge in [0.25, 0.3) is 5.91 Å². The van der Waals surface area contributed by atoms with Crippen LogP contribution < -0.4 is 10.6 Å². The van der Waals surface area contributed by atoms with Crippen LogP contribution in [0.1, 0.15) is 10.6 Å². The minimum Gasteiger partial charge on any atom is -0.444 e. The van der Waals surface area contributed by atoms with Gasteiger partial charge in [0.05, 0.1) is 6.54 Å². The van der Waals surface area contributed by atoms with Crippen molar-refractivity contribution in [3.05, 3.63) is 47.0 Å². The number of aromatic nitrogens is 1. The Morgan fingerprint density at radius 3 is 2.74 bits per heavy atom. The van der Waals surface area contributed by atoms with E-state index in [4.69, 9.17) is 4.42 Å². The summed E-state index contributed by atoms with van der Waals surface area (Å²) in [5.74, 6) is -0.250. The normalized spacial score (nSPS) is 9.95. The monoisotopic (exact) mass is 323 g/mol. The zero-order valence-corrected chi connectivity index (χ0v) is 11.3. The molecule has 2 amide bonds. The van der Waals surface area contributed by atoms with Crippen molar-refractivity contribution < 1.29 is 14.0 Å². The molecule has 0 bridgehead atoms. The summed E-state index contributed by atoms with van der Waals surface area (Å²) in [6.07, 6.45) is 1.56. The molecule has 7 heteroatoms. The lowest BCUT2D eigenvalue weighted by Gasteiger charge is -2.04. The first-order valence-corrected chi connectivity index (χ1v) is 6.19. The van der Waals surface area contributed by atoms with Crippen LogP contribution in [0.25, 0.3) is 0 Å². The van der Waals surface area contributed by atoms with Gasteiger partial charge in [-0.15, -0.1) is 0 Å². The molecule has 19 heavy (non-hydrogen) atoms. The molecule has 2 N–H and O–H groups in total. The molecule has 0 aromatic carbocycles. The van der Waals surface area contributed by atoms with Crippen LogP contribution in [0.2, 0.25) is 0 Å². The summed E-state index contributed by atoms with van der Waals surface area (Å²) < 4.78 is 5.51. The van der Waals surface area contributed by atoms with Crippen molar-refractivity contribution in [2.24, 2.45) is 0 Å². The van der Waals surface area contributed by atoms with Gasteiger partial charge in [-0.1, -0.05) is 6.07 Å². The summed E-state index contributed by atoms with van der Waals surface area (Å²) in [7, 11) is 0. The van der Waals surface area contributed by atoms with Crippen LogP contribution >= 0.6 is 15.9 Å². The summed E-state index contributed by atoms with van der Waals surface area (Å²) in [6, 6.07) is 8.26. The zero-order valence-electron chi connectivity index (χ0n) is 9.72. The van der Waals surface area contributed by atoms with Gasteiger partial charge >= 0.3 is 0 Å². The van der Waals surface area contributed by atoms with E-state index in [9.17, 15) is 9.59 Å². The molecule has 2 aromatic heterocycles. The van der Waals surface area contributed by atoms with E-state index in [0.717, 1.165) is 0 Å². The number of hydrogen-bond donors (Lipinski definition) is 2. The maximum atomic E-state index is 11.6. The third kappa shape index (κ3) is 3.92. The molecule has 0 spiro atoms. The SMILES string of the molecule is O=C(CNC(=O)c1ccc(Br)o1)Nc1ccccn1. The molecule has 0 fully saturated rings. The van der Waals surface area contributed by atoms with Gasteiger partial charge in [0.15, 0.2) is 10.4 Å². The molecule has 0 saturated carbocycles. The fraction of sp³-hybridized carbons (Fsp3) is 0.0833. The van der Waals surface area contributed by atoms with Crippen molar-refractivity contribution in [1.29, 1.82) is 0 Å². The lowest BCUT2D eigenvalue weighted by Crippen LogP contribution is -2.32. The molecule has 0 atom stereocenters. The molecule has 0 saturated heterocycles. The summed E-state index contributed by atoms with van der Waals surface area (Å²) in [5.41, 5.74) is 0. The van der Waals surface area contributed by atoms with Gasteiger partial charge in [0, 0.05) is 6.20 Å². The maximum Gasteiger partial charge on any atom is 0.287 e. The third-order valence-corrected chi connectivity index (χ3v) is 2.57. The number of nitrogens with one attached hydrogen (secondary N) is 2. The number of rotatable bonds is 4. The van der Waals surface area contributed by atoms with Crippen molar-refractivity contribution >= 4 is 33.6 Å². The second-order valence-corrected chi connectivity index (χ2v) is 4.33. The molecular weight excluding hydrogens is 314 g/mol. The van der Waals surface area contributed by atoms with Gasteiger partial charge in [0.1, 0.15) is 5.82 Å². The second kappa shape index (κ2) is 6.14. The number of anilines is 1. The molecule has 0 unspecified atom stereocenters. The number of pyridine rings is 1. The second-order valence-electron chi connectivity index (χ2n) is 3.55. The average molecular weight is 324 g/mol. The first-order chi connectivity index (χ1) is 9.15. The predicted octanol–water partition coefficient (Wildman–Crippen LogP) is 1.81. The minimum atomic E-state index is -0.457. The lowest BCUT2D eigenvalue weighted by atomic mass is 10.4. The maximum absolute atomic E-state index is 11.6. The van der Waals surface area contributed by atoms with E-state index < -0.39 is 5.91 Å². The van der Waals surface area contributed by atoms with E-state index in [2.05, 4.69) is 31.5 Å². The number of carbonyl (C=O) groups is 2. The molecule has 2 heterocycles. The zero-order chi connectivity index (χ0) is 13.7. The number of carbonyl (C=O) groups excluding carboxylic acids is 2. The smallest absolute Gasteiger partial charge is 0.287 e. The largest absolute Gasteiger partial charge is 0.444 e.